The Morgan fingerprint density at radius 3 is 2.41 bits per heavy atom. The Labute approximate surface area is 116 Å². The van der Waals surface area contributed by atoms with Gasteiger partial charge in [-0.05, 0) is 74.3 Å². The van der Waals surface area contributed by atoms with Crippen LogP contribution in [0.1, 0.15) is 39.4 Å². The van der Waals surface area contributed by atoms with E-state index in [9.17, 15) is 0 Å². The van der Waals surface area contributed by atoms with Crippen molar-refractivity contribution >= 4 is 27.3 Å². The second kappa shape index (κ2) is 3.60. The third-order valence-corrected chi connectivity index (χ3v) is 8.07. The molecule has 2 heteroatoms. The maximum atomic E-state index is 4.03. The van der Waals surface area contributed by atoms with E-state index in [-0.39, 0.29) is 0 Å². The van der Waals surface area contributed by atoms with Crippen molar-refractivity contribution in [3.05, 3.63) is 21.4 Å². The Bertz CT molecular complexity index is 447. The molecular weight excluding hydrogens is 292 g/mol. The van der Waals surface area contributed by atoms with Crippen molar-refractivity contribution in [3.63, 3.8) is 0 Å². The summed E-state index contributed by atoms with van der Waals surface area (Å²) in [5.74, 6) is 5.32. The summed E-state index contributed by atoms with van der Waals surface area (Å²) in [6.07, 6.45) is 4.63. The quantitative estimate of drug-likeness (QED) is 0.667. The first-order chi connectivity index (χ1) is 8.16. The van der Waals surface area contributed by atoms with Gasteiger partial charge in [0, 0.05) is 9.75 Å². The van der Waals surface area contributed by atoms with Gasteiger partial charge in [0.05, 0.1) is 4.83 Å². The van der Waals surface area contributed by atoms with Crippen molar-refractivity contribution in [2.45, 2.75) is 37.9 Å². The summed E-state index contributed by atoms with van der Waals surface area (Å²) in [4.78, 5) is 3.73. The molecule has 1 aromatic rings. The van der Waals surface area contributed by atoms with Gasteiger partial charge in [0.15, 0.2) is 0 Å². The molecule has 3 aliphatic carbocycles. The monoisotopic (exact) mass is 310 g/mol. The van der Waals surface area contributed by atoms with Gasteiger partial charge in [-0.2, -0.15) is 0 Å². The first kappa shape index (κ1) is 11.0. The van der Waals surface area contributed by atoms with Crippen LogP contribution in [-0.4, -0.2) is 0 Å². The van der Waals surface area contributed by atoms with E-state index in [1.165, 1.54) is 23.3 Å². The lowest BCUT2D eigenvalue weighted by atomic mass is 9.99. The van der Waals surface area contributed by atoms with Crippen molar-refractivity contribution in [3.8, 4) is 0 Å². The van der Waals surface area contributed by atoms with Gasteiger partial charge >= 0.3 is 0 Å². The van der Waals surface area contributed by atoms with E-state index in [0.29, 0.717) is 4.83 Å². The van der Waals surface area contributed by atoms with Gasteiger partial charge in [0.25, 0.3) is 0 Å². The Balaban J connectivity index is 1.59. The van der Waals surface area contributed by atoms with E-state index in [0.717, 1.165) is 29.6 Å². The highest BCUT2D eigenvalue weighted by Gasteiger charge is 2.66. The van der Waals surface area contributed by atoms with Crippen LogP contribution < -0.4 is 0 Å². The molecule has 0 spiro atoms. The normalized spacial score (nSPS) is 43.8. The molecule has 5 unspecified atom stereocenters. The molecule has 1 aromatic heterocycles. The molecule has 4 rings (SSSR count). The molecule has 0 nitrogen and oxygen atoms in total. The third-order valence-electron chi connectivity index (χ3n) is 5.46. The fraction of sp³-hybridized carbons (Fsp3) is 0.733. The molecule has 0 aromatic carbocycles. The molecule has 0 amide bonds. The lowest BCUT2D eigenvalue weighted by Crippen LogP contribution is -2.03. The number of hydrogen-bond donors (Lipinski definition) is 0. The summed E-state index contributed by atoms with van der Waals surface area (Å²) in [7, 11) is 0. The Morgan fingerprint density at radius 2 is 1.88 bits per heavy atom. The van der Waals surface area contributed by atoms with Crippen molar-refractivity contribution in [2.24, 2.45) is 29.6 Å². The van der Waals surface area contributed by atoms with Crippen molar-refractivity contribution in [2.75, 3.05) is 0 Å². The number of rotatable bonds is 2. The second-order valence-corrected chi connectivity index (χ2v) is 8.65. The highest BCUT2D eigenvalue weighted by Crippen LogP contribution is 2.73. The first-order valence-corrected chi connectivity index (χ1v) is 8.61. The SMILES string of the molecule is Cc1cc(C)c(C(Br)C2C3C4CCC(C4)C32)s1. The van der Waals surface area contributed by atoms with E-state index >= 15 is 0 Å². The molecule has 0 aliphatic heterocycles. The number of alkyl halides is 1. The molecule has 3 aliphatic rings. The zero-order valence-electron chi connectivity index (χ0n) is 10.4. The summed E-state index contributed by atoms with van der Waals surface area (Å²) >= 11 is 6.03. The summed E-state index contributed by atoms with van der Waals surface area (Å²) < 4.78 is 0. The van der Waals surface area contributed by atoms with Gasteiger partial charge in [-0.25, -0.2) is 0 Å². The molecule has 0 saturated heterocycles. The van der Waals surface area contributed by atoms with Crippen LogP contribution in [0.25, 0.3) is 0 Å². The largest absolute Gasteiger partial charge is 0.144 e. The predicted octanol–water partition coefficient (Wildman–Crippen LogP) is 5.09. The summed E-state index contributed by atoms with van der Waals surface area (Å²) in [5.41, 5.74) is 1.51. The minimum Gasteiger partial charge on any atom is -0.144 e. The van der Waals surface area contributed by atoms with Crippen LogP contribution >= 0.6 is 27.3 Å². The van der Waals surface area contributed by atoms with Gasteiger partial charge in [-0.15, -0.1) is 11.3 Å². The molecule has 0 radical (unpaired) electrons. The van der Waals surface area contributed by atoms with Crippen LogP contribution in [0.3, 0.4) is 0 Å². The maximum absolute atomic E-state index is 4.03. The van der Waals surface area contributed by atoms with Crippen LogP contribution in [0.15, 0.2) is 6.07 Å². The van der Waals surface area contributed by atoms with Crippen molar-refractivity contribution in [1.82, 2.24) is 0 Å². The zero-order valence-corrected chi connectivity index (χ0v) is 12.9. The molecule has 5 atom stereocenters. The molecule has 92 valence electrons. The van der Waals surface area contributed by atoms with E-state index in [2.05, 4.69) is 35.8 Å². The zero-order chi connectivity index (χ0) is 11.7. The lowest BCUT2D eigenvalue weighted by molar-refractivity contribution is 0.456. The second-order valence-electron chi connectivity index (χ2n) is 6.37. The van der Waals surface area contributed by atoms with E-state index in [1.54, 1.807) is 11.3 Å². The average Bonchev–Trinajstić information content (AvgIpc) is 2.59. The van der Waals surface area contributed by atoms with Crippen molar-refractivity contribution in [1.29, 1.82) is 0 Å². The third kappa shape index (κ3) is 1.46. The Kier molecular flexibility index (Phi) is 2.34. The Hall–Kier alpha value is 0.180. The Morgan fingerprint density at radius 1 is 1.24 bits per heavy atom. The topological polar surface area (TPSA) is 0 Å². The molecule has 0 N–H and O–H groups in total. The number of aryl methyl sites for hydroxylation is 2. The van der Waals surface area contributed by atoms with E-state index in [4.69, 9.17) is 0 Å². The van der Waals surface area contributed by atoms with Gasteiger partial charge in [-0.3, -0.25) is 0 Å². The molecular formula is C15H19BrS. The number of thiophene rings is 1. The van der Waals surface area contributed by atoms with Crippen molar-refractivity contribution < 1.29 is 0 Å². The van der Waals surface area contributed by atoms with Gasteiger partial charge in [0.2, 0.25) is 0 Å². The number of fused-ring (bicyclic) bond motifs is 5. The number of hydrogen-bond acceptors (Lipinski definition) is 1. The van der Waals surface area contributed by atoms with E-state index < -0.39 is 0 Å². The molecule has 3 saturated carbocycles. The summed E-state index contributed by atoms with van der Waals surface area (Å²) in [6, 6.07) is 2.35. The fourth-order valence-electron chi connectivity index (χ4n) is 4.89. The highest BCUT2D eigenvalue weighted by atomic mass is 79.9. The van der Waals surface area contributed by atoms with Gasteiger partial charge < -0.3 is 0 Å². The maximum Gasteiger partial charge on any atom is 0.0525 e. The van der Waals surface area contributed by atoms with Crippen LogP contribution in [-0.2, 0) is 0 Å². The average molecular weight is 311 g/mol. The van der Waals surface area contributed by atoms with E-state index in [1.807, 2.05) is 11.3 Å². The van der Waals surface area contributed by atoms with Gasteiger partial charge in [0.1, 0.15) is 0 Å². The summed E-state index contributed by atoms with van der Waals surface area (Å²) in [6.45, 7) is 4.51. The minimum atomic E-state index is 0.652. The van der Waals surface area contributed by atoms with Crippen LogP contribution in [0.2, 0.25) is 0 Å². The van der Waals surface area contributed by atoms with Crippen LogP contribution in [0, 0.1) is 43.4 Å². The number of halogens is 1. The standard InChI is InChI=1S/C15H19BrS/c1-7-5-8(2)17-15(7)14(16)13-11-9-3-4-10(6-9)12(11)13/h5,9-14H,3-4,6H2,1-2H3. The fourth-order valence-corrected chi connectivity index (χ4v) is 7.31. The molecule has 17 heavy (non-hydrogen) atoms. The highest BCUT2D eigenvalue weighted by molar-refractivity contribution is 9.09. The minimum absolute atomic E-state index is 0.652. The lowest BCUT2D eigenvalue weighted by Gasteiger charge is -2.14. The van der Waals surface area contributed by atoms with Gasteiger partial charge in [-0.1, -0.05) is 15.9 Å². The molecule has 1 heterocycles. The summed E-state index contributed by atoms with van der Waals surface area (Å²) in [5, 5.41) is 0. The first-order valence-electron chi connectivity index (χ1n) is 6.88. The van der Waals surface area contributed by atoms with Crippen LogP contribution in [0.4, 0.5) is 0 Å². The molecule has 2 bridgehead atoms. The van der Waals surface area contributed by atoms with Crippen LogP contribution in [0.5, 0.6) is 0 Å². The molecule has 3 fully saturated rings. The predicted molar refractivity (Wildman–Crippen MR) is 76.8 cm³/mol. The smallest absolute Gasteiger partial charge is 0.0525 e.